The summed E-state index contributed by atoms with van der Waals surface area (Å²) in [6, 6.07) is 5.02. The molecule has 1 saturated heterocycles. The maximum absolute atomic E-state index is 12.3. The Hall–Kier alpha value is -1.27. The van der Waals surface area contributed by atoms with Crippen LogP contribution in [-0.4, -0.2) is 26.6 Å². The smallest absolute Gasteiger partial charge is 0.235 e. The molecule has 0 bridgehead atoms. The molecule has 0 atom stereocenters. The second-order valence-electron chi connectivity index (χ2n) is 6.23. The average molecular weight is 357 g/mol. The van der Waals surface area contributed by atoms with Crippen LogP contribution in [0.15, 0.2) is 18.2 Å². The highest BCUT2D eigenvalue weighted by atomic mass is 35.5. The van der Waals surface area contributed by atoms with Gasteiger partial charge in [0, 0.05) is 18.2 Å². The number of carbonyl (C=O) groups excluding carboxylic acids is 1. The maximum Gasteiger partial charge on any atom is 0.235 e. The quantitative estimate of drug-likeness (QED) is 0.902. The van der Waals surface area contributed by atoms with Crippen molar-refractivity contribution >= 4 is 38.9 Å². The van der Waals surface area contributed by atoms with Gasteiger partial charge in [-0.1, -0.05) is 30.9 Å². The van der Waals surface area contributed by atoms with Crippen LogP contribution < -0.4 is 9.62 Å². The van der Waals surface area contributed by atoms with Gasteiger partial charge in [-0.15, -0.1) is 0 Å². The molecule has 2 aliphatic rings. The van der Waals surface area contributed by atoms with Crippen LogP contribution in [0.3, 0.4) is 0 Å². The molecule has 1 aromatic carbocycles. The van der Waals surface area contributed by atoms with E-state index in [4.69, 9.17) is 11.6 Å². The summed E-state index contributed by atoms with van der Waals surface area (Å²) in [5.74, 6) is 0.211. The predicted octanol–water partition coefficient (Wildman–Crippen LogP) is 3.40. The minimum absolute atomic E-state index is 0.0160. The van der Waals surface area contributed by atoms with Gasteiger partial charge in [-0.25, -0.2) is 8.42 Å². The Morgan fingerprint density at radius 3 is 2.57 bits per heavy atom. The number of sulfonamides is 1. The zero-order chi connectivity index (χ0) is 16.4. The van der Waals surface area contributed by atoms with Crippen LogP contribution in [0.4, 0.5) is 11.4 Å². The highest BCUT2D eigenvalue weighted by Crippen LogP contribution is 2.34. The van der Waals surface area contributed by atoms with Gasteiger partial charge in [0.05, 0.1) is 16.5 Å². The lowest BCUT2D eigenvalue weighted by molar-refractivity contribution is -0.120. The Labute approximate surface area is 142 Å². The molecule has 7 heteroatoms. The van der Waals surface area contributed by atoms with Gasteiger partial charge in [0.15, 0.2) is 0 Å². The fraction of sp³-hybridized carbons (Fsp3) is 0.562. The van der Waals surface area contributed by atoms with Gasteiger partial charge >= 0.3 is 0 Å². The first-order valence-electron chi connectivity index (χ1n) is 8.08. The highest BCUT2D eigenvalue weighted by Gasteiger charge is 2.30. The molecule has 1 heterocycles. The van der Waals surface area contributed by atoms with Crippen LogP contribution in [-0.2, 0) is 14.8 Å². The van der Waals surface area contributed by atoms with E-state index in [1.54, 1.807) is 18.2 Å². The molecule has 1 saturated carbocycles. The summed E-state index contributed by atoms with van der Waals surface area (Å²) in [7, 11) is -3.29. The van der Waals surface area contributed by atoms with E-state index in [1.807, 2.05) is 0 Å². The first-order chi connectivity index (χ1) is 11.0. The number of rotatable bonds is 3. The fourth-order valence-electron chi connectivity index (χ4n) is 3.30. The van der Waals surface area contributed by atoms with E-state index >= 15 is 0 Å². The van der Waals surface area contributed by atoms with Crippen molar-refractivity contribution in [2.45, 2.75) is 38.5 Å². The number of nitrogens with one attached hydrogen (secondary N) is 1. The molecule has 2 fully saturated rings. The van der Waals surface area contributed by atoms with E-state index in [1.165, 1.54) is 10.7 Å². The number of hydrogen-bond acceptors (Lipinski definition) is 3. The molecule has 23 heavy (non-hydrogen) atoms. The topological polar surface area (TPSA) is 66.5 Å². The third-order valence-corrected chi connectivity index (χ3v) is 6.73. The third-order valence-electron chi connectivity index (χ3n) is 4.56. The summed E-state index contributed by atoms with van der Waals surface area (Å²) in [5, 5.41) is 3.29. The normalized spacial score (nSPS) is 21.3. The zero-order valence-electron chi connectivity index (χ0n) is 12.9. The molecule has 126 valence electrons. The summed E-state index contributed by atoms with van der Waals surface area (Å²) in [6.45, 7) is 0.433. The van der Waals surface area contributed by atoms with Gasteiger partial charge in [-0.2, -0.15) is 0 Å². The van der Waals surface area contributed by atoms with Crippen molar-refractivity contribution in [1.82, 2.24) is 0 Å². The van der Waals surface area contributed by atoms with E-state index in [9.17, 15) is 13.2 Å². The molecular weight excluding hydrogens is 336 g/mol. The second kappa shape index (κ2) is 6.69. The summed E-state index contributed by atoms with van der Waals surface area (Å²) < 4.78 is 25.5. The lowest BCUT2D eigenvalue weighted by atomic mass is 9.88. The summed E-state index contributed by atoms with van der Waals surface area (Å²) in [5.41, 5.74) is 1.05. The van der Waals surface area contributed by atoms with Crippen LogP contribution in [0, 0.1) is 5.92 Å². The molecule has 1 aliphatic heterocycles. The number of carbonyl (C=O) groups is 1. The molecule has 3 rings (SSSR count). The SMILES string of the molecule is O=C(Nc1ccc(Cl)c(N2CCCS2(=O)=O)c1)C1CCCCC1. The Morgan fingerprint density at radius 2 is 1.91 bits per heavy atom. The third kappa shape index (κ3) is 3.63. The van der Waals surface area contributed by atoms with Gasteiger partial charge in [-0.3, -0.25) is 9.10 Å². The number of amides is 1. The zero-order valence-corrected chi connectivity index (χ0v) is 14.5. The number of anilines is 2. The van der Waals surface area contributed by atoms with Crippen LogP contribution in [0.2, 0.25) is 5.02 Å². The van der Waals surface area contributed by atoms with E-state index < -0.39 is 10.0 Å². The van der Waals surface area contributed by atoms with Crippen molar-refractivity contribution in [3.8, 4) is 0 Å². The number of hydrogen-bond donors (Lipinski definition) is 1. The molecule has 1 amide bonds. The second-order valence-corrected chi connectivity index (χ2v) is 8.65. The standard InChI is InChI=1S/C16H21ClN2O3S/c17-14-8-7-13(18-16(20)12-5-2-1-3-6-12)11-15(14)19-9-4-10-23(19,21)22/h7-8,11-12H,1-6,9-10H2,(H,18,20). The van der Waals surface area contributed by atoms with Gasteiger partial charge < -0.3 is 5.32 Å². The molecule has 1 aromatic rings. The maximum atomic E-state index is 12.3. The molecule has 1 aliphatic carbocycles. The Kier molecular flexibility index (Phi) is 4.82. The van der Waals surface area contributed by atoms with Crippen LogP contribution in [0.5, 0.6) is 0 Å². The van der Waals surface area contributed by atoms with Crippen LogP contribution >= 0.6 is 11.6 Å². The molecule has 0 aromatic heterocycles. The highest BCUT2D eigenvalue weighted by molar-refractivity contribution is 7.93. The molecular formula is C16H21ClN2O3S. The van der Waals surface area contributed by atoms with Gasteiger partial charge in [0.2, 0.25) is 15.9 Å². The van der Waals surface area contributed by atoms with Gasteiger partial charge in [-0.05, 0) is 37.5 Å². The van der Waals surface area contributed by atoms with Gasteiger partial charge in [0.1, 0.15) is 0 Å². The molecule has 5 nitrogen and oxygen atoms in total. The van der Waals surface area contributed by atoms with Crippen LogP contribution in [0.25, 0.3) is 0 Å². The monoisotopic (exact) mass is 356 g/mol. The van der Waals surface area contributed by atoms with Crippen molar-refractivity contribution in [3.63, 3.8) is 0 Å². The molecule has 0 radical (unpaired) electrons. The van der Waals surface area contributed by atoms with Crippen molar-refractivity contribution in [2.24, 2.45) is 5.92 Å². The Morgan fingerprint density at radius 1 is 1.17 bits per heavy atom. The van der Waals surface area contributed by atoms with Crippen molar-refractivity contribution in [2.75, 3.05) is 21.9 Å². The van der Waals surface area contributed by atoms with E-state index in [0.717, 1.165) is 25.7 Å². The lowest BCUT2D eigenvalue weighted by Gasteiger charge is -2.22. The van der Waals surface area contributed by atoms with Crippen molar-refractivity contribution in [1.29, 1.82) is 0 Å². The number of benzene rings is 1. The minimum Gasteiger partial charge on any atom is -0.326 e. The first-order valence-corrected chi connectivity index (χ1v) is 10.1. The summed E-state index contributed by atoms with van der Waals surface area (Å²) in [4.78, 5) is 12.3. The van der Waals surface area contributed by atoms with Crippen molar-refractivity contribution < 1.29 is 13.2 Å². The largest absolute Gasteiger partial charge is 0.326 e. The fourth-order valence-corrected chi connectivity index (χ4v) is 5.14. The predicted molar refractivity (Wildman–Crippen MR) is 92.4 cm³/mol. The lowest BCUT2D eigenvalue weighted by Crippen LogP contribution is -2.26. The molecule has 0 unspecified atom stereocenters. The van der Waals surface area contributed by atoms with E-state index in [-0.39, 0.29) is 17.6 Å². The molecule has 0 spiro atoms. The van der Waals surface area contributed by atoms with Crippen LogP contribution in [0.1, 0.15) is 38.5 Å². The average Bonchev–Trinajstić information content (AvgIpc) is 2.89. The molecule has 1 N–H and O–H groups in total. The minimum atomic E-state index is -3.29. The van der Waals surface area contributed by atoms with E-state index in [0.29, 0.717) is 29.4 Å². The summed E-state index contributed by atoms with van der Waals surface area (Å²) >= 11 is 6.17. The first kappa shape index (κ1) is 16.6. The Balaban J connectivity index is 1.79. The number of nitrogens with zero attached hydrogens (tertiary/aromatic N) is 1. The Bertz CT molecular complexity index is 699. The van der Waals surface area contributed by atoms with E-state index in [2.05, 4.69) is 5.32 Å². The van der Waals surface area contributed by atoms with Gasteiger partial charge in [0.25, 0.3) is 0 Å². The summed E-state index contributed by atoms with van der Waals surface area (Å²) in [6.07, 6.45) is 5.82. The number of halogens is 1. The van der Waals surface area contributed by atoms with Crippen molar-refractivity contribution in [3.05, 3.63) is 23.2 Å².